The van der Waals surface area contributed by atoms with E-state index in [-0.39, 0.29) is 63.0 Å². The van der Waals surface area contributed by atoms with Crippen LogP contribution in [0.5, 0.6) is 11.5 Å². The van der Waals surface area contributed by atoms with Gasteiger partial charge in [-0.25, -0.2) is 4.79 Å². The molecule has 5 aromatic carbocycles. The van der Waals surface area contributed by atoms with Gasteiger partial charge in [0.15, 0.2) is 11.5 Å². The van der Waals surface area contributed by atoms with Gasteiger partial charge in [-0.3, -0.25) is 38.9 Å². The minimum Gasteiger partial charge on any atom is -0.485 e. The van der Waals surface area contributed by atoms with Gasteiger partial charge in [0.2, 0.25) is 11.8 Å². The maximum atomic E-state index is 13.5. The Hall–Kier alpha value is -8.87. The van der Waals surface area contributed by atoms with Crippen molar-refractivity contribution in [3.05, 3.63) is 160 Å². The first-order valence-electron chi connectivity index (χ1n) is 19.2. The van der Waals surface area contributed by atoms with Crippen LogP contribution in [0.25, 0.3) is 0 Å². The van der Waals surface area contributed by atoms with E-state index in [2.05, 4.69) is 33.2 Å². The molecule has 0 spiro atoms. The Kier molecular flexibility index (Phi) is 15.2. The van der Waals surface area contributed by atoms with Crippen molar-refractivity contribution in [2.75, 3.05) is 27.9 Å². The van der Waals surface area contributed by atoms with E-state index in [1.807, 2.05) is 0 Å². The normalized spacial score (nSPS) is 11.0. The third-order valence-electron chi connectivity index (χ3n) is 8.88. The Labute approximate surface area is 364 Å². The Bertz CT molecular complexity index is 2600. The van der Waals surface area contributed by atoms with Gasteiger partial charge in [0.1, 0.15) is 12.6 Å². The number of anilines is 4. The number of hydrogen-bond acceptors (Lipinski definition) is 11. The van der Waals surface area contributed by atoms with E-state index in [1.54, 1.807) is 13.8 Å². The maximum absolute atomic E-state index is 13.5. The molecule has 1 atom stereocenters. The van der Waals surface area contributed by atoms with Crippen molar-refractivity contribution in [1.29, 1.82) is 0 Å². The Morgan fingerprint density at radius 1 is 0.672 bits per heavy atom. The van der Waals surface area contributed by atoms with E-state index in [1.165, 1.54) is 115 Å². The number of carboxylic acids is 1. The summed E-state index contributed by atoms with van der Waals surface area (Å²) >= 11 is 0. The number of rotatable bonds is 19. The van der Waals surface area contributed by atoms with Crippen LogP contribution in [0.3, 0.4) is 0 Å². The second-order valence-electron chi connectivity index (χ2n) is 14.0. The first-order valence-corrected chi connectivity index (χ1v) is 19.2. The number of carbonyl (C=O) groups is 7. The van der Waals surface area contributed by atoms with Crippen LogP contribution < -0.4 is 41.8 Å². The second kappa shape index (κ2) is 21.1. The van der Waals surface area contributed by atoms with Crippen molar-refractivity contribution in [2.45, 2.75) is 32.4 Å². The second-order valence-corrected chi connectivity index (χ2v) is 14.0. The zero-order valence-electron chi connectivity index (χ0n) is 34.2. The average Bonchev–Trinajstić information content (AvgIpc) is 3.26. The molecule has 0 bridgehead atoms. The number of ether oxygens (including phenoxy) is 2. The lowest BCUT2D eigenvalue weighted by atomic mass is 10.1. The van der Waals surface area contributed by atoms with E-state index in [4.69, 9.17) is 15.2 Å². The Balaban J connectivity index is 1.25. The number of amides is 6. The molecule has 5 aromatic rings. The molecule has 0 aromatic heterocycles. The lowest BCUT2D eigenvalue weighted by Crippen LogP contribution is -2.46. The molecule has 5 rings (SSSR count). The summed E-state index contributed by atoms with van der Waals surface area (Å²) in [6.45, 7) is 7.11. The number of aromatic carboxylic acids is 1. The summed E-state index contributed by atoms with van der Waals surface area (Å²) in [6.07, 6.45) is 0.465. The molecule has 0 radical (unpaired) electrons. The molecule has 6 amide bonds. The number of carboxylic acid groups (broad SMARTS) is 1. The molecule has 0 aliphatic heterocycles. The summed E-state index contributed by atoms with van der Waals surface area (Å²) in [6, 6.07) is 23.2. The van der Waals surface area contributed by atoms with Gasteiger partial charge < -0.3 is 46.9 Å². The lowest BCUT2D eigenvalue weighted by molar-refractivity contribution is -0.384. The summed E-state index contributed by atoms with van der Waals surface area (Å²) in [5, 5.41) is 33.2. The number of primary amides is 1. The first-order chi connectivity index (χ1) is 30.5. The molecule has 1 unspecified atom stereocenters. The molecule has 8 N–H and O–H groups in total. The number of nitrogens with one attached hydrogen (secondary N) is 5. The minimum atomic E-state index is -1.41. The summed E-state index contributed by atoms with van der Waals surface area (Å²) < 4.78 is 11.9. The zero-order valence-corrected chi connectivity index (χ0v) is 34.2. The molecule has 19 heteroatoms. The van der Waals surface area contributed by atoms with Crippen LogP contribution in [-0.4, -0.2) is 70.2 Å². The van der Waals surface area contributed by atoms with Crippen molar-refractivity contribution in [1.82, 2.24) is 5.32 Å². The molecule has 0 fully saturated rings. The summed E-state index contributed by atoms with van der Waals surface area (Å²) in [4.78, 5) is 99.5. The molecule has 64 heavy (non-hydrogen) atoms. The number of nitrogens with two attached hydrogens (primary N) is 1. The largest absolute Gasteiger partial charge is 0.485 e. The van der Waals surface area contributed by atoms with Crippen LogP contribution >= 0.6 is 0 Å². The van der Waals surface area contributed by atoms with E-state index < -0.39 is 64.9 Å². The molecule has 0 aliphatic carbocycles. The number of hydrogen-bond donors (Lipinski definition) is 7. The maximum Gasteiger partial charge on any atom is 0.335 e. The van der Waals surface area contributed by atoms with Crippen LogP contribution in [-0.2, 0) is 9.59 Å². The lowest BCUT2D eigenvalue weighted by Gasteiger charge is -2.21. The molecule has 19 nitrogen and oxygen atoms in total. The van der Waals surface area contributed by atoms with Gasteiger partial charge in [0, 0.05) is 45.9 Å². The predicted octanol–water partition coefficient (Wildman–Crippen LogP) is 6.01. The van der Waals surface area contributed by atoms with E-state index in [0.717, 1.165) is 0 Å². The molecular formula is C45H41N7O12. The summed E-state index contributed by atoms with van der Waals surface area (Å²) in [7, 11) is 0. The van der Waals surface area contributed by atoms with E-state index in [9.17, 15) is 48.8 Å². The number of nitro benzene ring substituents is 1. The smallest absolute Gasteiger partial charge is 0.335 e. The van der Waals surface area contributed by atoms with Crippen LogP contribution in [0.4, 0.5) is 28.4 Å². The molecule has 0 saturated heterocycles. The fourth-order valence-corrected chi connectivity index (χ4v) is 5.80. The van der Waals surface area contributed by atoms with Crippen molar-refractivity contribution in [3.63, 3.8) is 0 Å². The van der Waals surface area contributed by atoms with Crippen LogP contribution in [0, 0.1) is 10.1 Å². The fraction of sp³-hybridized carbons (Fsp3) is 0.133. The molecule has 0 heterocycles. The highest BCUT2D eigenvalue weighted by molar-refractivity contribution is 6.10. The highest BCUT2D eigenvalue weighted by atomic mass is 16.6. The van der Waals surface area contributed by atoms with Gasteiger partial charge in [-0.15, -0.1) is 0 Å². The van der Waals surface area contributed by atoms with Gasteiger partial charge in [-0.05, 0) is 111 Å². The Morgan fingerprint density at radius 3 is 1.66 bits per heavy atom. The standard InChI is InChI=1S/C45H41N7O12/c1-4-23-63-38-34(43(57)48-31-17-9-29(10-18-31)45(59)60)21-22-35(39(38)64-25(2)3)50-41(55)26-7-15-32(16-8-26)49-44(58)36(24-37(46)53)51-42(56)27-5-13-30(14-6-27)47-40(54)28-11-19-33(20-12-28)52(61)62/h4-22,25,36H,1,23-24H2,2-3H3,(H2,46,53)(H,47,54)(H,48,57)(H,49,58)(H,50,55)(H,51,56)(H,59,60). The predicted molar refractivity (Wildman–Crippen MR) is 235 cm³/mol. The van der Waals surface area contributed by atoms with E-state index in [0.29, 0.717) is 11.4 Å². The molecular weight excluding hydrogens is 831 g/mol. The number of carbonyl (C=O) groups excluding carboxylic acids is 6. The minimum absolute atomic E-state index is 0.00378. The average molecular weight is 872 g/mol. The topological polar surface area (TPSA) is 287 Å². The van der Waals surface area contributed by atoms with Crippen molar-refractivity contribution in [3.8, 4) is 11.5 Å². The van der Waals surface area contributed by atoms with Gasteiger partial charge in [0.25, 0.3) is 29.3 Å². The van der Waals surface area contributed by atoms with Crippen LogP contribution in [0.1, 0.15) is 72.1 Å². The number of nitro groups is 1. The van der Waals surface area contributed by atoms with Gasteiger partial charge in [-0.1, -0.05) is 12.7 Å². The monoisotopic (exact) mass is 871 g/mol. The zero-order chi connectivity index (χ0) is 46.5. The number of nitrogens with zero attached hydrogens (tertiary/aromatic N) is 1. The summed E-state index contributed by atoms with van der Waals surface area (Å²) in [5.41, 5.74) is 6.66. The van der Waals surface area contributed by atoms with Crippen LogP contribution in [0.15, 0.2) is 122 Å². The van der Waals surface area contributed by atoms with Gasteiger partial charge in [-0.2, -0.15) is 0 Å². The number of benzene rings is 5. The Morgan fingerprint density at radius 2 is 1.16 bits per heavy atom. The highest BCUT2D eigenvalue weighted by Gasteiger charge is 2.26. The molecule has 328 valence electrons. The van der Waals surface area contributed by atoms with Gasteiger partial charge in [0.05, 0.1) is 34.3 Å². The molecule has 0 saturated carbocycles. The van der Waals surface area contributed by atoms with E-state index >= 15 is 0 Å². The first kappa shape index (κ1) is 46.2. The SMILES string of the molecule is C=CCOc1c(C(=O)Nc2ccc(C(=O)O)cc2)ccc(NC(=O)c2ccc(NC(=O)C(CC(N)=O)NC(=O)c3ccc(NC(=O)c4ccc([N+](=O)[O-])cc4)cc3)cc2)c1OC(C)C. The van der Waals surface area contributed by atoms with Crippen molar-refractivity contribution in [2.24, 2.45) is 5.73 Å². The van der Waals surface area contributed by atoms with Crippen molar-refractivity contribution < 1.29 is 53.1 Å². The third-order valence-corrected chi connectivity index (χ3v) is 8.88. The van der Waals surface area contributed by atoms with Crippen molar-refractivity contribution >= 4 is 69.8 Å². The molecule has 0 aliphatic rings. The quantitative estimate of drug-likeness (QED) is 0.0285. The fourth-order valence-electron chi connectivity index (χ4n) is 5.80. The third kappa shape index (κ3) is 12.3. The van der Waals surface area contributed by atoms with Crippen LogP contribution in [0.2, 0.25) is 0 Å². The van der Waals surface area contributed by atoms with Gasteiger partial charge >= 0.3 is 5.97 Å². The highest BCUT2D eigenvalue weighted by Crippen LogP contribution is 2.40. The summed E-state index contributed by atoms with van der Waals surface area (Å²) in [5.74, 6) is -5.24. The number of non-ortho nitro benzene ring substituents is 1.